The highest BCUT2D eigenvalue weighted by Gasteiger charge is 2.08. The fraction of sp³-hybridized carbons (Fsp3) is 0.182. The van der Waals surface area contributed by atoms with Crippen molar-refractivity contribution in [2.24, 2.45) is 5.73 Å². The lowest BCUT2D eigenvalue weighted by Crippen LogP contribution is -1.95. The average molecular weight is 240 g/mol. The Bertz CT molecular complexity index is 465. The quantitative estimate of drug-likeness (QED) is 0.894. The van der Waals surface area contributed by atoms with E-state index in [-0.39, 0.29) is 5.56 Å². The van der Waals surface area contributed by atoms with Gasteiger partial charge in [0.05, 0.1) is 5.69 Å². The maximum atomic E-state index is 12.3. The van der Waals surface area contributed by atoms with Crippen LogP contribution in [-0.2, 0) is 6.54 Å². The molecule has 0 unspecified atom stereocenters. The first-order valence-electron chi connectivity index (χ1n) is 4.73. The van der Waals surface area contributed by atoms with Gasteiger partial charge >= 0.3 is 0 Å². The summed E-state index contributed by atoms with van der Waals surface area (Å²) in [5.74, 6) is 0. The van der Waals surface area contributed by atoms with Crippen LogP contribution in [0.4, 0.5) is 8.78 Å². The Hall–Kier alpha value is -1.33. The Kier molecular flexibility index (Phi) is 3.26. The van der Waals surface area contributed by atoms with Crippen molar-refractivity contribution in [3.63, 3.8) is 0 Å². The molecule has 0 fully saturated rings. The fourth-order valence-corrected chi connectivity index (χ4v) is 2.14. The van der Waals surface area contributed by atoms with Crippen LogP contribution in [0.25, 0.3) is 10.6 Å². The van der Waals surface area contributed by atoms with Gasteiger partial charge in [0.15, 0.2) is 0 Å². The molecule has 84 valence electrons. The van der Waals surface area contributed by atoms with Gasteiger partial charge in [0.25, 0.3) is 6.43 Å². The summed E-state index contributed by atoms with van der Waals surface area (Å²) in [5, 5.41) is 2.68. The van der Waals surface area contributed by atoms with Gasteiger partial charge < -0.3 is 5.73 Å². The Labute approximate surface area is 95.7 Å². The minimum Gasteiger partial charge on any atom is -0.325 e. The Morgan fingerprint density at radius 2 is 1.94 bits per heavy atom. The minimum absolute atomic E-state index is 0.0272. The zero-order valence-electron chi connectivity index (χ0n) is 8.36. The predicted octanol–water partition coefficient (Wildman–Crippen LogP) is 3.21. The van der Waals surface area contributed by atoms with Crippen LogP contribution < -0.4 is 5.73 Å². The number of aromatic nitrogens is 1. The van der Waals surface area contributed by atoms with Crippen LogP contribution in [0, 0.1) is 0 Å². The number of hydrogen-bond acceptors (Lipinski definition) is 3. The molecular weight excluding hydrogens is 230 g/mol. The normalized spacial score (nSPS) is 11.0. The maximum absolute atomic E-state index is 12.3. The van der Waals surface area contributed by atoms with E-state index in [9.17, 15) is 8.78 Å². The van der Waals surface area contributed by atoms with Crippen molar-refractivity contribution >= 4 is 11.3 Å². The van der Waals surface area contributed by atoms with E-state index in [4.69, 9.17) is 5.73 Å². The molecule has 2 nitrogen and oxygen atoms in total. The van der Waals surface area contributed by atoms with E-state index in [1.807, 2.05) is 5.38 Å². The Morgan fingerprint density at radius 1 is 1.25 bits per heavy atom. The van der Waals surface area contributed by atoms with E-state index in [1.165, 1.54) is 23.5 Å². The van der Waals surface area contributed by atoms with Crippen molar-refractivity contribution in [1.82, 2.24) is 4.98 Å². The number of benzene rings is 1. The largest absolute Gasteiger partial charge is 0.325 e. The molecule has 0 aliphatic heterocycles. The van der Waals surface area contributed by atoms with E-state index in [0.29, 0.717) is 6.54 Å². The number of nitrogens with two attached hydrogens (primary N) is 1. The van der Waals surface area contributed by atoms with Gasteiger partial charge in [0.1, 0.15) is 5.01 Å². The molecule has 1 aromatic carbocycles. The second-order valence-corrected chi connectivity index (χ2v) is 4.13. The fourth-order valence-electron chi connectivity index (χ4n) is 1.30. The summed E-state index contributed by atoms with van der Waals surface area (Å²) in [4.78, 5) is 4.28. The standard InChI is InChI=1S/C11H10F2N2S/c12-10(13)7-1-3-8(4-2-7)11-15-9(5-14)6-16-11/h1-4,6,10H,5,14H2. The van der Waals surface area contributed by atoms with Crippen LogP contribution in [0.1, 0.15) is 17.7 Å². The van der Waals surface area contributed by atoms with Gasteiger partial charge in [-0.25, -0.2) is 13.8 Å². The number of hydrogen-bond donors (Lipinski definition) is 1. The molecule has 0 saturated carbocycles. The van der Waals surface area contributed by atoms with Crippen molar-refractivity contribution in [1.29, 1.82) is 0 Å². The van der Waals surface area contributed by atoms with Crippen molar-refractivity contribution < 1.29 is 8.78 Å². The Morgan fingerprint density at radius 3 is 2.44 bits per heavy atom. The molecule has 2 rings (SSSR count). The van der Waals surface area contributed by atoms with E-state index in [0.717, 1.165) is 16.3 Å². The number of rotatable bonds is 3. The summed E-state index contributed by atoms with van der Waals surface area (Å²) in [6, 6.07) is 6.15. The van der Waals surface area contributed by atoms with Crippen molar-refractivity contribution in [2.75, 3.05) is 0 Å². The summed E-state index contributed by atoms with van der Waals surface area (Å²) < 4.78 is 24.7. The van der Waals surface area contributed by atoms with E-state index >= 15 is 0 Å². The van der Waals surface area contributed by atoms with Gasteiger partial charge in [-0.05, 0) is 0 Å². The Balaban J connectivity index is 2.27. The molecule has 0 saturated heterocycles. The lowest BCUT2D eigenvalue weighted by atomic mass is 10.1. The van der Waals surface area contributed by atoms with Crippen molar-refractivity contribution in [2.45, 2.75) is 13.0 Å². The molecule has 0 aliphatic carbocycles. The van der Waals surface area contributed by atoms with Gasteiger partial charge in [0.2, 0.25) is 0 Å². The number of alkyl halides is 2. The van der Waals surface area contributed by atoms with Crippen LogP contribution in [-0.4, -0.2) is 4.98 Å². The number of halogens is 2. The summed E-state index contributed by atoms with van der Waals surface area (Å²) in [6.45, 7) is 0.394. The molecule has 0 aliphatic rings. The van der Waals surface area contributed by atoms with E-state index < -0.39 is 6.43 Å². The second-order valence-electron chi connectivity index (χ2n) is 3.27. The molecule has 1 heterocycles. The molecule has 0 spiro atoms. The molecule has 16 heavy (non-hydrogen) atoms. The molecule has 2 aromatic rings. The summed E-state index contributed by atoms with van der Waals surface area (Å²) in [5.41, 5.74) is 7.14. The predicted molar refractivity (Wildman–Crippen MR) is 60.4 cm³/mol. The molecule has 0 bridgehead atoms. The van der Waals surface area contributed by atoms with Gasteiger partial charge in [-0.15, -0.1) is 11.3 Å². The van der Waals surface area contributed by atoms with Gasteiger partial charge in [0, 0.05) is 23.1 Å². The van der Waals surface area contributed by atoms with E-state index in [2.05, 4.69) is 4.98 Å². The average Bonchev–Trinajstić information content (AvgIpc) is 2.77. The van der Waals surface area contributed by atoms with Crippen LogP contribution in [0.3, 0.4) is 0 Å². The molecule has 0 atom stereocenters. The van der Waals surface area contributed by atoms with Crippen LogP contribution in [0.5, 0.6) is 0 Å². The van der Waals surface area contributed by atoms with Crippen LogP contribution >= 0.6 is 11.3 Å². The highest BCUT2D eigenvalue weighted by Crippen LogP contribution is 2.26. The second kappa shape index (κ2) is 4.67. The molecule has 1 aromatic heterocycles. The summed E-state index contributed by atoms with van der Waals surface area (Å²) in [6.07, 6.45) is -2.43. The first-order valence-corrected chi connectivity index (χ1v) is 5.61. The zero-order chi connectivity index (χ0) is 11.5. The molecular formula is C11H10F2N2S. The molecule has 0 amide bonds. The SMILES string of the molecule is NCc1csc(-c2ccc(C(F)F)cc2)n1. The molecule has 0 radical (unpaired) electrons. The third-order valence-corrected chi connectivity index (χ3v) is 3.11. The van der Waals surface area contributed by atoms with Gasteiger partial charge in [-0.1, -0.05) is 24.3 Å². The third kappa shape index (κ3) is 2.25. The zero-order valence-corrected chi connectivity index (χ0v) is 9.18. The summed E-state index contributed by atoms with van der Waals surface area (Å²) >= 11 is 1.46. The first-order chi connectivity index (χ1) is 7.70. The van der Waals surface area contributed by atoms with Crippen molar-refractivity contribution in [3.8, 4) is 10.6 Å². The molecule has 2 N–H and O–H groups in total. The monoisotopic (exact) mass is 240 g/mol. The van der Waals surface area contributed by atoms with Crippen molar-refractivity contribution in [3.05, 3.63) is 40.9 Å². The lowest BCUT2D eigenvalue weighted by molar-refractivity contribution is 0.151. The van der Waals surface area contributed by atoms with Crippen LogP contribution in [0.2, 0.25) is 0 Å². The lowest BCUT2D eigenvalue weighted by Gasteiger charge is -2.00. The minimum atomic E-state index is -2.43. The van der Waals surface area contributed by atoms with Gasteiger partial charge in [-0.2, -0.15) is 0 Å². The maximum Gasteiger partial charge on any atom is 0.263 e. The summed E-state index contributed by atoms with van der Waals surface area (Å²) in [7, 11) is 0. The van der Waals surface area contributed by atoms with Crippen LogP contribution in [0.15, 0.2) is 29.6 Å². The smallest absolute Gasteiger partial charge is 0.263 e. The third-order valence-electron chi connectivity index (χ3n) is 2.17. The molecule has 5 heteroatoms. The highest BCUT2D eigenvalue weighted by molar-refractivity contribution is 7.13. The van der Waals surface area contributed by atoms with E-state index in [1.54, 1.807) is 12.1 Å². The van der Waals surface area contributed by atoms with Gasteiger partial charge in [-0.3, -0.25) is 0 Å². The number of nitrogens with zero attached hydrogens (tertiary/aromatic N) is 1. The topological polar surface area (TPSA) is 38.9 Å². The highest BCUT2D eigenvalue weighted by atomic mass is 32.1. The number of thiazole rings is 1. The first kappa shape index (κ1) is 11.2.